The molecule has 5 rings (SSSR count). The van der Waals surface area contributed by atoms with Crippen molar-refractivity contribution in [1.82, 2.24) is 24.8 Å². The number of aliphatic hydroxyl groups is 1. The lowest BCUT2D eigenvalue weighted by molar-refractivity contribution is -0.132. The second kappa shape index (κ2) is 9.44. The number of anilines is 1. The van der Waals surface area contributed by atoms with Crippen LogP contribution in [0.25, 0.3) is 21.6 Å². The molecule has 174 valence electrons. The zero-order valence-electron chi connectivity index (χ0n) is 19.0. The zero-order chi connectivity index (χ0) is 23.5. The minimum absolute atomic E-state index is 0.0676. The molecule has 1 aliphatic heterocycles. The van der Waals surface area contributed by atoms with Gasteiger partial charge in [0, 0.05) is 61.4 Å². The monoisotopic (exact) mass is 474 g/mol. The highest BCUT2D eigenvalue weighted by atomic mass is 32.1. The van der Waals surface area contributed by atoms with Gasteiger partial charge in [0.2, 0.25) is 5.91 Å². The summed E-state index contributed by atoms with van der Waals surface area (Å²) < 4.78 is 0. The average Bonchev–Trinajstić information content (AvgIpc) is 3.32. The molecule has 0 aromatic carbocycles. The van der Waals surface area contributed by atoms with Gasteiger partial charge in [0.25, 0.3) is 0 Å². The van der Waals surface area contributed by atoms with Crippen molar-refractivity contribution in [2.45, 2.75) is 24.9 Å². The summed E-state index contributed by atoms with van der Waals surface area (Å²) in [5.74, 6) is -0.0676. The maximum absolute atomic E-state index is 12.9. The molecular formula is C25H26N6O2S. The van der Waals surface area contributed by atoms with Gasteiger partial charge in [-0.05, 0) is 37.1 Å². The van der Waals surface area contributed by atoms with Crippen LogP contribution in [0.3, 0.4) is 0 Å². The third-order valence-electron chi connectivity index (χ3n) is 6.14. The van der Waals surface area contributed by atoms with E-state index >= 15 is 0 Å². The Bertz CT molecular complexity index is 1290. The minimum atomic E-state index is -0.998. The molecule has 8 nitrogen and oxygen atoms in total. The molecule has 0 saturated carbocycles. The van der Waals surface area contributed by atoms with Gasteiger partial charge >= 0.3 is 0 Å². The molecule has 4 aromatic heterocycles. The number of pyridine rings is 3. The minimum Gasteiger partial charge on any atom is -0.386 e. The third-order valence-corrected chi connectivity index (χ3v) is 7.06. The topological polar surface area (TPSA) is 95.3 Å². The van der Waals surface area contributed by atoms with Crippen molar-refractivity contribution in [2.75, 3.05) is 31.6 Å². The standard InChI is InChI=1S/C25H26N6O2S/c1-30(23(32)13-18-15-34-24(29-18)21-5-2-3-9-27-21)16-25(33)8-4-12-31(17-25)22-7-11-28-20-6-10-26-14-19(20)22/h2-3,5-7,9-11,14-15,33H,4,8,12-13,16-17H2,1H3/t25-/m0/s1. The summed E-state index contributed by atoms with van der Waals surface area (Å²) in [4.78, 5) is 34.3. The summed E-state index contributed by atoms with van der Waals surface area (Å²) in [6, 6.07) is 9.54. The van der Waals surface area contributed by atoms with E-state index < -0.39 is 5.60 Å². The van der Waals surface area contributed by atoms with E-state index in [9.17, 15) is 9.90 Å². The van der Waals surface area contributed by atoms with E-state index in [-0.39, 0.29) is 18.9 Å². The number of aromatic nitrogens is 4. The first-order chi connectivity index (χ1) is 16.5. The lowest BCUT2D eigenvalue weighted by atomic mass is 9.91. The fourth-order valence-corrected chi connectivity index (χ4v) is 5.31. The van der Waals surface area contributed by atoms with Gasteiger partial charge in [0.1, 0.15) is 5.01 Å². The molecule has 0 unspecified atom stereocenters. The SMILES string of the molecule is CN(C[C@@]1(O)CCCN(c2ccnc3ccncc23)C1)C(=O)Cc1csc(-c2ccccn2)n1. The number of nitrogens with zero attached hydrogens (tertiary/aromatic N) is 6. The van der Waals surface area contributed by atoms with Gasteiger partial charge in [-0.2, -0.15) is 0 Å². The summed E-state index contributed by atoms with van der Waals surface area (Å²) >= 11 is 1.48. The van der Waals surface area contributed by atoms with Gasteiger partial charge in [-0.1, -0.05) is 6.07 Å². The van der Waals surface area contributed by atoms with Crippen molar-refractivity contribution in [1.29, 1.82) is 0 Å². The number of carbonyl (C=O) groups is 1. The Morgan fingerprint density at radius 2 is 2.12 bits per heavy atom. The van der Waals surface area contributed by atoms with Crippen LogP contribution in [-0.4, -0.2) is 68.1 Å². The summed E-state index contributed by atoms with van der Waals surface area (Å²) in [7, 11) is 1.75. The molecule has 34 heavy (non-hydrogen) atoms. The highest BCUT2D eigenvalue weighted by molar-refractivity contribution is 7.13. The van der Waals surface area contributed by atoms with Gasteiger partial charge in [-0.3, -0.25) is 19.7 Å². The van der Waals surface area contributed by atoms with E-state index in [1.807, 2.05) is 41.9 Å². The fourth-order valence-electron chi connectivity index (χ4n) is 4.51. The number of fused-ring (bicyclic) bond motifs is 1. The van der Waals surface area contributed by atoms with Crippen LogP contribution in [0.2, 0.25) is 0 Å². The van der Waals surface area contributed by atoms with E-state index in [1.54, 1.807) is 30.5 Å². The van der Waals surface area contributed by atoms with Crippen LogP contribution in [0.1, 0.15) is 18.5 Å². The van der Waals surface area contributed by atoms with Crippen molar-refractivity contribution in [3.63, 3.8) is 0 Å². The molecular weight excluding hydrogens is 448 g/mol. The molecule has 0 radical (unpaired) electrons. The lowest BCUT2D eigenvalue weighted by Gasteiger charge is -2.42. The van der Waals surface area contributed by atoms with Crippen molar-refractivity contribution >= 4 is 33.8 Å². The zero-order valence-corrected chi connectivity index (χ0v) is 19.8. The van der Waals surface area contributed by atoms with Crippen LogP contribution in [0.5, 0.6) is 0 Å². The van der Waals surface area contributed by atoms with Gasteiger partial charge in [-0.15, -0.1) is 11.3 Å². The van der Waals surface area contributed by atoms with E-state index in [0.29, 0.717) is 13.0 Å². The first-order valence-corrected chi connectivity index (χ1v) is 12.1. The Morgan fingerprint density at radius 3 is 2.97 bits per heavy atom. The highest BCUT2D eigenvalue weighted by Crippen LogP contribution is 2.31. The molecule has 0 aliphatic carbocycles. The lowest BCUT2D eigenvalue weighted by Crippen LogP contribution is -2.55. The van der Waals surface area contributed by atoms with Gasteiger partial charge in [-0.25, -0.2) is 4.98 Å². The number of amides is 1. The van der Waals surface area contributed by atoms with Crippen LogP contribution in [0.4, 0.5) is 5.69 Å². The molecule has 4 aromatic rings. The quantitative estimate of drug-likeness (QED) is 0.459. The highest BCUT2D eigenvalue weighted by Gasteiger charge is 2.36. The molecule has 0 bridgehead atoms. The largest absolute Gasteiger partial charge is 0.386 e. The summed E-state index contributed by atoms with van der Waals surface area (Å²) in [6.45, 7) is 1.54. The number of piperidine rings is 1. The first kappa shape index (κ1) is 22.4. The molecule has 1 fully saturated rings. The van der Waals surface area contributed by atoms with Crippen molar-refractivity contribution < 1.29 is 9.90 Å². The van der Waals surface area contributed by atoms with E-state index in [2.05, 4.69) is 24.8 Å². The maximum atomic E-state index is 12.9. The Labute approximate surface area is 202 Å². The number of likely N-dealkylation sites (N-methyl/N-ethyl adjacent to an activating group) is 1. The third kappa shape index (κ3) is 4.76. The average molecular weight is 475 g/mol. The molecule has 9 heteroatoms. The molecule has 5 heterocycles. The number of thiazole rings is 1. The molecule has 1 saturated heterocycles. The second-order valence-electron chi connectivity index (χ2n) is 8.76. The summed E-state index contributed by atoms with van der Waals surface area (Å²) in [6.07, 6.45) is 8.73. The predicted octanol–water partition coefficient (Wildman–Crippen LogP) is 3.18. The van der Waals surface area contributed by atoms with Crippen LogP contribution in [0.15, 0.2) is 60.5 Å². The van der Waals surface area contributed by atoms with Gasteiger partial charge in [0.15, 0.2) is 0 Å². The van der Waals surface area contributed by atoms with Gasteiger partial charge in [0.05, 0.1) is 35.5 Å². The molecule has 1 amide bonds. The van der Waals surface area contributed by atoms with Crippen LogP contribution in [-0.2, 0) is 11.2 Å². The normalized spacial score (nSPS) is 18.2. The van der Waals surface area contributed by atoms with Crippen molar-refractivity contribution in [2.24, 2.45) is 0 Å². The predicted molar refractivity (Wildman–Crippen MR) is 133 cm³/mol. The molecule has 1 aliphatic rings. The summed E-state index contributed by atoms with van der Waals surface area (Å²) in [5, 5.41) is 15.1. The molecule has 1 N–H and O–H groups in total. The van der Waals surface area contributed by atoms with E-state index in [1.165, 1.54) is 11.3 Å². The number of rotatable bonds is 6. The van der Waals surface area contributed by atoms with E-state index in [4.69, 9.17) is 0 Å². The van der Waals surface area contributed by atoms with E-state index in [0.717, 1.165) is 46.0 Å². The molecule has 0 spiro atoms. The number of β-amino-alcohol motifs (C(OH)–C–C–N with tert-alkyl or cyclic N) is 1. The van der Waals surface area contributed by atoms with Crippen LogP contribution >= 0.6 is 11.3 Å². The number of hydrogen-bond acceptors (Lipinski definition) is 8. The first-order valence-electron chi connectivity index (χ1n) is 11.3. The number of carbonyl (C=O) groups excluding carboxylic acids is 1. The Balaban J connectivity index is 1.25. The Hall–Kier alpha value is -3.43. The van der Waals surface area contributed by atoms with Gasteiger partial charge < -0.3 is 14.9 Å². The Kier molecular flexibility index (Phi) is 6.21. The maximum Gasteiger partial charge on any atom is 0.228 e. The number of hydrogen-bond donors (Lipinski definition) is 1. The van der Waals surface area contributed by atoms with Crippen molar-refractivity contribution in [3.8, 4) is 10.7 Å². The van der Waals surface area contributed by atoms with Crippen LogP contribution in [0, 0.1) is 0 Å². The molecule has 1 atom stereocenters. The fraction of sp³-hybridized carbons (Fsp3) is 0.320. The van der Waals surface area contributed by atoms with Crippen LogP contribution < -0.4 is 4.90 Å². The van der Waals surface area contributed by atoms with Crippen molar-refractivity contribution in [3.05, 3.63) is 66.2 Å². The summed E-state index contributed by atoms with van der Waals surface area (Å²) in [5.41, 5.74) is 2.41. The second-order valence-corrected chi connectivity index (χ2v) is 9.62. The Morgan fingerprint density at radius 1 is 1.21 bits per heavy atom. The smallest absolute Gasteiger partial charge is 0.228 e.